The highest BCUT2D eigenvalue weighted by Gasteiger charge is 2.24. The first-order valence-corrected chi connectivity index (χ1v) is 10.0. The van der Waals surface area contributed by atoms with Crippen LogP contribution in [0.2, 0.25) is 0 Å². The minimum absolute atomic E-state index is 0.0823. The third kappa shape index (κ3) is 3.60. The second kappa shape index (κ2) is 7.81. The predicted molar refractivity (Wildman–Crippen MR) is 120 cm³/mol. The Kier molecular flexibility index (Phi) is 5.06. The van der Waals surface area contributed by atoms with Crippen LogP contribution in [0.25, 0.3) is 0 Å². The van der Waals surface area contributed by atoms with Gasteiger partial charge >= 0.3 is 0 Å². The number of ketones is 1. The van der Waals surface area contributed by atoms with Gasteiger partial charge < -0.3 is 15.7 Å². The molecule has 0 radical (unpaired) electrons. The maximum Gasteiger partial charge on any atom is 0.205 e. The van der Waals surface area contributed by atoms with E-state index in [1.807, 2.05) is 67.6 Å². The van der Waals surface area contributed by atoms with Crippen LogP contribution in [0.4, 0.5) is 22.1 Å². The van der Waals surface area contributed by atoms with Crippen molar-refractivity contribution in [3.63, 3.8) is 0 Å². The summed E-state index contributed by atoms with van der Waals surface area (Å²) in [5.74, 6) is 0.116. The molecule has 29 heavy (non-hydrogen) atoms. The van der Waals surface area contributed by atoms with Crippen molar-refractivity contribution in [2.24, 2.45) is 0 Å². The van der Waals surface area contributed by atoms with Crippen molar-refractivity contribution in [1.29, 1.82) is 0 Å². The largest absolute Gasteiger partial charge is 0.508 e. The molecular weight excluding hydrogens is 380 g/mol. The Morgan fingerprint density at radius 1 is 0.862 bits per heavy atom. The van der Waals surface area contributed by atoms with Crippen LogP contribution < -0.4 is 10.6 Å². The molecule has 0 spiro atoms. The fraction of sp³-hybridized carbons (Fsp3) is 0.0417. The van der Waals surface area contributed by atoms with Gasteiger partial charge in [0.15, 0.2) is 0 Å². The average Bonchev–Trinajstić information content (AvgIpc) is 3.05. The van der Waals surface area contributed by atoms with Gasteiger partial charge in [-0.1, -0.05) is 48.5 Å². The first kappa shape index (κ1) is 18.8. The SMILES string of the molecule is Cc1c(N(c2ccccc2)c2ccc(O)cc2)sc(C(=O)c2ccccc2)c1N. The Morgan fingerprint density at radius 3 is 2.03 bits per heavy atom. The molecule has 0 unspecified atom stereocenters. The van der Waals surface area contributed by atoms with Crippen molar-refractivity contribution >= 4 is 39.2 Å². The Labute approximate surface area is 173 Å². The lowest BCUT2D eigenvalue weighted by Crippen LogP contribution is -2.09. The highest BCUT2D eigenvalue weighted by molar-refractivity contribution is 7.19. The summed E-state index contributed by atoms with van der Waals surface area (Å²) in [6.45, 7) is 1.93. The van der Waals surface area contributed by atoms with E-state index in [1.54, 1.807) is 24.3 Å². The van der Waals surface area contributed by atoms with Crippen molar-refractivity contribution in [3.05, 3.63) is 101 Å². The fourth-order valence-electron chi connectivity index (χ4n) is 3.18. The van der Waals surface area contributed by atoms with Crippen LogP contribution in [0.3, 0.4) is 0 Å². The van der Waals surface area contributed by atoms with E-state index in [1.165, 1.54) is 11.3 Å². The molecule has 0 bridgehead atoms. The third-order valence-electron chi connectivity index (χ3n) is 4.74. The van der Waals surface area contributed by atoms with E-state index in [2.05, 4.69) is 4.90 Å². The summed E-state index contributed by atoms with van der Waals surface area (Å²) in [7, 11) is 0. The van der Waals surface area contributed by atoms with Gasteiger partial charge in [0, 0.05) is 22.5 Å². The highest BCUT2D eigenvalue weighted by Crippen LogP contribution is 2.45. The Morgan fingerprint density at radius 2 is 1.41 bits per heavy atom. The van der Waals surface area contributed by atoms with Crippen molar-refractivity contribution in [3.8, 4) is 5.75 Å². The number of hydrogen-bond acceptors (Lipinski definition) is 5. The number of para-hydroxylation sites is 1. The maximum atomic E-state index is 13.1. The quantitative estimate of drug-likeness (QED) is 0.401. The number of rotatable bonds is 5. The standard InChI is InChI=1S/C24H20N2O2S/c1-16-21(25)23(22(28)17-8-4-2-5-9-17)29-24(16)26(18-10-6-3-7-11-18)19-12-14-20(27)15-13-19/h2-15,27H,25H2,1H3. The topological polar surface area (TPSA) is 66.6 Å². The summed E-state index contributed by atoms with van der Waals surface area (Å²) in [6.07, 6.45) is 0. The van der Waals surface area contributed by atoms with Gasteiger partial charge in [-0.05, 0) is 43.3 Å². The number of nitrogen functional groups attached to an aromatic ring is 1. The van der Waals surface area contributed by atoms with E-state index in [0.29, 0.717) is 16.1 Å². The molecule has 0 aliphatic heterocycles. The summed E-state index contributed by atoms with van der Waals surface area (Å²) in [4.78, 5) is 15.6. The summed E-state index contributed by atoms with van der Waals surface area (Å²) in [5, 5.41) is 10.6. The predicted octanol–water partition coefficient (Wildman–Crippen LogP) is 6.05. The number of nitrogens with two attached hydrogens (primary N) is 1. The number of hydrogen-bond donors (Lipinski definition) is 2. The second-order valence-corrected chi connectivity index (χ2v) is 7.66. The smallest absolute Gasteiger partial charge is 0.205 e. The number of aromatic hydroxyl groups is 1. The van der Waals surface area contributed by atoms with Gasteiger partial charge in [0.1, 0.15) is 15.6 Å². The fourth-order valence-corrected chi connectivity index (χ4v) is 4.41. The molecule has 1 heterocycles. The number of nitrogens with zero attached hydrogens (tertiary/aromatic N) is 1. The zero-order valence-electron chi connectivity index (χ0n) is 15.9. The third-order valence-corrected chi connectivity index (χ3v) is 6.03. The first-order chi connectivity index (χ1) is 14.1. The molecule has 4 nitrogen and oxygen atoms in total. The molecule has 1 aromatic heterocycles. The van der Waals surface area contributed by atoms with E-state index >= 15 is 0 Å². The molecule has 0 fully saturated rings. The monoisotopic (exact) mass is 400 g/mol. The van der Waals surface area contributed by atoms with Crippen molar-refractivity contribution in [2.45, 2.75) is 6.92 Å². The molecule has 4 rings (SSSR count). The van der Waals surface area contributed by atoms with E-state index < -0.39 is 0 Å². The number of thiophene rings is 1. The molecule has 4 aromatic rings. The molecule has 0 amide bonds. The zero-order chi connectivity index (χ0) is 20.4. The van der Waals surface area contributed by atoms with Crippen LogP contribution in [0, 0.1) is 6.92 Å². The molecule has 3 N–H and O–H groups in total. The van der Waals surface area contributed by atoms with Gasteiger partial charge in [0.2, 0.25) is 5.78 Å². The lowest BCUT2D eigenvalue weighted by Gasteiger charge is -2.24. The molecule has 0 atom stereocenters. The van der Waals surface area contributed by atoms with Crippen LogP contribution in [-0.4, -0.2) is 10.9 Å². The average molecular weight is 401 g/mol. The number of carbonyl (C=O) groups excluding carboxylic acids is 1. The normalized spacial score (nSPS) is 10.7. The van der Waals surface area contributed by atoms with E-state index in [9.17, 15) is 9.90 Å². The van der Waals surface area contributed by atoms with Gasteiger partial charge in [0.25, 0.3) is 0 Å². The van der Waals surface area contributed by atoms with E-state index in [-0.39, 0.29) is 11.5 Å². The van der Waals surface area contributed by atoms with Gasteiger partial charge in [0.05, 0.1) is 5.69 Å². The van der Waals surface area contributed by atoms with Gasteiger partial charge in [-0.2, -0.15) is 0 Å². The van der Waals surface area contributed by atoms with E-state index in [4.69, 9.17) is 5.73 Å². The van der Waals surface area contributed by atoms with Gasteiger partial charge in [-0.15, -0.1) is 11.3 Å². The summed E-state index contributed by atoms with van der Waals surface area (Å²) in [5.41, 5.74) is 10.2. The number of carbonyl (C=O) groups is 1. The molecule has 5 heteroatoms. The number of phenols is 1. The lowest BCUT2D eigenvalue weighted by molar-refractivity contribution is 0.104. The highest BCUT2D eigenvalue weighted by atomic mass is 32.1. The molecule has 0 saturated heterocycles. The lowest BCUT2D eigenvalue weighted by atomic mass is 10.1. The van der Waals surface area contributed by atoms with Crippen LogP contribution >= 0.6 is 11.3 Å². The molecular formula is C24H20N2O2S. The maximum absolute atomic E-state index is 13.1. The zero-order valence-corrected chi connectivity index (χ0v) is 16.7. The Balaban J connectivity index is 1.86. The molecule has 0 aliphatic rings. The number of benzene rings is 3. The molecule has 0 aliphatic carbocycles. The van der Waals surface area contributed by atoms with E-state index in [0.717, 1.165) is 21.9 Å². The molecule has 0 saturated carbocycles. The summed E-state index contributed by atoms with van der Waals surface area (Å²) >= 11 is 1.38. The van der Waals surface area contributed by atoms with Crippen molar-refractivity contribution < 1.29 is 9.90 Å². The van der Waals surface area contributed by atoms with Crippen LogP contribution in [-0.2, 0) is 0 Å². The Bertz CT molecular complexity index is 1140. The summed E-state index contributed by atoms with van der Waals surface area (Å²) < 4.78 is 0. The Hall–Kier alpha value is -3.57. The molecule has 3 aromatic carbocycles. The summed E-state index contributed by atoms with van der Waals surface area (Å²) in [6, 6.07) is 26.0. The van der Waals surface area contributed by atoms with Gasteiger partial charge in [-0.25, -0.2) is 0 Å². The number of phenolic OH excluding ortho intramolecular Hbond substituents is 1. The first-order valence-electron chi connectivity index (χ1n) is 9.19. The minimum Gasteiger partial charge on any atom is -0.508 e. The second-order valence-electron chi connectivity index (χ2n) is 6.66. The molecule has 144 valence electrons. The van der Waals surface area contributed by atoms with Crippen LogP contribution in [0.1, 0.15) is 20.8 Å². The van der Waals surface area contributed by atoms with Crippen LogP contribution in [0.5, 0.6) is 5.75 Å². The van der Waals surface area contributed by atoms with Crippen LogP contribution in [0.15, 0.2) is 84.9 Å². The number of anilines is 4. The minimum atomic E-state index is -0.0823. The van der Waals surface area contributed by atoms with Crippen molar-refractivity contribution in [2.75, 3.05) is 10.6 Å². The van der Waals surface area contributed by atoms with Gasteiger partial charge in [-0.3, -0.25) is 4.79 Å². The van der Waals surface area contributed by atoms with Crippen molar-refractivity contribution in [1.82, 2.24) is 0 Å².